The molecule has 0 fully saturated rings. The molecule has 25 heavy (non-hydrogen) atoms. The predicted octanol–water partition coefficient (Wildman–Crippen LogP) is 3.64. The monoisotopic (exact) mass is 337 g/mol. The Morgan fingerprint density at radius 1 is 1.12 bits per heavy atom. The van der Waals surface area contributed by atoms with E-state index in [1.807, 2.05) is 62.5 Å². The van der Waals surface area contributed by atoms with E-state index in [4.69, 9.17) is 4.74 Å². The summed E-state index contributed by atoms with van der Waals surface area (Å²) in [7, 11) is 0. The summed E-state index contributed by atoms with van der Waals surface area (Å²) in [4.78, 5) is 16.7. The molecule has 5 nitrogen and oxygen atoms in total. The number of esters is 1. The number of aromatic nitrogens is 3. The maximum atomic E-state index is 12.1. The maximum absolute atomic E-state index is 12.1. The Labute approximate surface area is 147 Å². The average Bonchev–Trinajstić information content (AvgIpc) is 2.94. The third kappa shape index (κ3) is 3.87. The molecular formula is C20H23N3O2. The van der Waals surface area contributed by atoms with Crippen LogP contribution >= 0.6 is 0 Å². The third-order valence-electron chi connectivity index (χ3n) is 4.39. The number of ether oxygens (including phenoxy) is 1. The van der Waals surface area contributed by atoms with Crippen molar-refractivity contribution in [2.45, 2.75) is 47.1 Å². The highest BCUT2D eigenvalue weighted by Crippen LogP contribution is 2.17. The number of carbonyl (C=O) groups is 1. The van der Waals surface area contributed by atoms with Gasteiger partial charge in [0.05, 0.1) is 5.69 Å². The van der Waals surface area contributed by atoms with Gasteiger partial charge in [-0.3, -0.25) is 4.79 Å². The van der Waals surface area contributed by atoms with Gasteiger partial charge in [-0.15, -0.1) is 0 Å². The lowest BCUT2D eigenvalue weighted by atomic mass is 10.1. The van der Waals surface area contributed by atoms with Gasteiger partial charge in [-0.2, -0.15) is 5.10 Å². The van der Waals surface area contributed by atoms with Crippen molar-refractivity contribution in [3.8, 4) is 0 Å². The van der Waals surface area contributed by atoms with Crippen LogP contribution in [0.3, 0.4) is 0 Å². The van der Waals surface area contributed by atoms with Crippen LogP contribution in [0.1, 0.15) is 40.2 Å². The van der Waals surface area contributed by atoms with Crippen molar-refractivity contribution in [2.75, 3.05) is 0 Å². The summed E-state index contributed by atoms with van der Waals surface area (Å²) < 4.78 is 7.22. The van der Waals surface area contributed by atoms with Gasteiger partial charge >= 0.3 is 5.97 Å². The van der Waals surface area contributed by atoms with Gasteiger partial charge in [-0.1, -0.05) is 29.8 Å². The van der Waals surface area contributed by atoms with Crippen LogP contribution in [0.4, 0.5) is 0 Å². The first-order chi connectivity index (χ1) is 11.9. The lowest BCUT2D eigenvalue weighted by Crippen LogP contribution is -2.10. The molecule has 0 unspecified atom stereocenters. The topological polar surface area (TPSA) is 56.5 Å². The Hall–Kier alpha value is -2.69. The molecule has 0 radical (unpaired) electrons. The fourth-order valence-electron chi connectivity index (χ4n) is 2.95. The van der Waals surface area contributed by atoms with Crippen LogP contribution in [0, 0.1) is 27.7 Å². The lowest BCUT2D eigenvalue weighted by molar-refractivity contribution is -0.144. The molecule has 0 bridgehead atoms. The average molecular weight is 337 g/mol. The molecule has 130 valence electrons. The summed E-state index contributed by atoms with van der Waals surface area (Å²) in [5.74, 6) is -0.198. The fourth-order valence-corrected chi connectivity index (χ4v) is 2.95. The second-order valence-corrected chi connectivity index (χ2v) is 6.46. The van der Waals surface area contributed by atoms with Crippen molar-refractivity contribution < 1.29 is 9.53 Å². The number of hydrogen-bond donors (Lipinski definition) is 0. The Bertz CT molecular complexity index is 911. The first-order valence-corrected chi connectivity index (χ1v) is 8.47. The van der Waals surface area contributed by atoms with Gasteiger partial charge in [-0.25, -0.2) is 9.50 Å². The summed E-state index contributed by atoms with van der Waals surface area (Å²) in [6.45, 7) is 8.29. The van der Waals surface area contributed by atoms with E-state index in [1.165, 1.54) is 5.56 Å². The van der Waals surface area contributed by atoms with E-state index < -0.39 is 0 Å². The minimum Gasteiger partial charge on any atom is -0.461 e. The van der Waals surface area contributed by atoms with Crippen LogP contribution < -0.4 is 0 Å². The summed E-state index contributed by atoms with van der Waals surface area (Å²) in [5.41, 5.74) is 7.00. The van der Waals surface area contributed by atoms with Gasteiger partial charge in [0.15, 0.2) is 5.65 Å². The van der Waals surface area contributed by atoms with E-state index in [2.05, 4.69) is 10.1 Å². The summed E-state index contributed by atoms with van der Waals surface area (Å²) >= 11 is 0. The first-order valence-electron chi connectivity index (χ1n) is 8.47. The van der Waals surface area contributed by atoms with Gasteiger partial charge in [0.2, 0.25) is 0 Å². The molecule has 0 saturated carbocycles. The van der Waals surface area contributed by atoms with Crippen LogP contribution in [0.2, 0.25) is 0 Å². The third-order valence-corrected chi connectivity index (χ3v) is 4.39. The number of nitrogens with zero attached hydrogens (tertiary/aromatic N) is 3. The zero-order valence-corrected chi connectivity index (χ0v) is 15.2. The van der Waals surface area contributed by atoms with Crippen LogP contribution in [-0.2, 0) is 22.6 Å². The second-order valence-electron chi connectivity index (χ2n) is 6.46. The highest BCUT2D eigenvalue weighted by molar-refractivity contribution is 5.69. The largest absolute Gasteiger partial charge is 0.461 e. The summed E-state index contributed by atoms with van der Waals surface area (Å²) in [6.07, 6.45) is 0.938. The Morgan fingerprint density at radius 2 is 1.84 bits per heavy atom. The van der Waals surface area contributed by atoms with Crippen molar-refractivity contribution in [1.29, 1.82) is 0 Å². The van der Waals surface area contributed by atoms with Gasteiger partial charge in [-0.05, 0) is 45.2 Å². The van der Waals surface area contributed by atoms with E-state index in [0.29, 0.717) is 19.4 Å². The van der Waals surface area contributed by atoms with Gasteiger partial charge < -0.3 is 4.74 Å². The normalized spacial score (nSPS) is 11.0. The van der Waals surface area contributed by atoms with E-state index in [-0.39, 0.29) is 5.97 Å². The van der Waals surface area contributed by atoms with Gasteiger partial charge in [0.1, 0.15) is 6.61 Å². The molecule has 3 aromatic rings. The van der Waals surface area contributed by atoms with E-state index in [1.54, 1.807) is 0 Å². The predicted molar refractivity (Wildman–Crippen MR) is 96.5 cm³/mol. The van der Waals surface area contributed by atoms with E-state index in [0.717, 1.165) is 33.9 Å². The standard InChI is InChI=1S/C20H23N3O2/c1-13-5-7-17(8-6-13)12-25-20(24)10-9-18-15(3)21-19-11-14(2)22-23(19)16(18)4/h5-8,11H,9-10,12H2,1-4H3. The zero-order chi connectivity index (χ0) is 18.0. The van der Waals surface area contributed by atoms with Crippen LogP contribution in [0.5, 0.6) is 0 Å². The first kappa shape index (κ1) is 17.1. The molecule has 0 saturated heterocycles. The molecule has 0 aliphatic carbocycles. The van der Waals surface area contributed by atoms with Crippen LogP contribution in [0.25, 0.3) is 5.65 Å². The van der Waals surface area contributed by atoms with Crippen molar-refractivity contribution in [3.05, 3.63) is 64.1 Å². The number of rotatable bonds is 5. The maximum Gasteiger partial charge on any atom is 0.306 e. The Morgan fingerprint density at radius 3 is 2.56 bits per heavy atom. The molecule has 0 aliphatic rings. The number of benzene rings is 1. The highest BCUT2D eigenvalue weighted by atomic mass is 16.5. The molecule has 0 atom stereocenters. The minimum atomic E-state index is -0.198. The SMILES string of the molecule is Cc1ccc(COC(=O)CCc2c(C)nc3cc(C)nn3c2C)cc1. The van der Waals surface area contributed by atoms with Crippen molar-refractivity contribution in [2.24, 2.45) is 0 Å². The molecular weight excluding hydrogens is 314 g/mol. The number of hydrogen-bond acceptors (Lipinski definition) is 4. The quantitative estimate of drug-likeness (QED) is 0.667. The van der Waals surface area contributed by atoms with Gasteiger partial charge in [0.25, 0.3) is 0 Å². The van der Waals surface area contributed by atoms with Crippen LogP contribution in [-0.4, -0.2) is 20.6 Å². The Balaban J connectivity index is 1.63. The lowest BCUT2D eigenvalue weighted by Gasteiger charge is -2.11. The number of aryl methyl sites for hydroxylation is 4. The molecule has 0 N–H and O–H groups in total. The number of fused-ring (bicyclic) bond motifs is 1. The van der Waals surface area contributed by atoms with Gasteiger partial charge in [0, 0.05) is 23.9 Å². The van der Waals surface area contributed by atoms with E-state index >= 15 is 0 Å². The zero-order valence-electron chi connectivity index (χ0n) is 15.2. The molecule has 2 heterocycles. The van der Waals surface area contributed by atoms with Crippen molar-refractivity contribution in [1.82, 2.24) is 14.6 Å². The molecule has 2 aromatic heterocycles. The summed E-state index contributed by atoms with van der Waals surface area (Å²) in [5, 5.41) is 4.46. The highest BCUT2D eigenvalue weighted by Gasteiger charge is 2.13. The molecule has 1 aromatic carbocycles. The molecule has 5 heteroatoms. The minimum absolute atomic E-state index is 0.198. The van der Waals surface area contributed by atoms with E-state index in [9.17, 15) is 4.79 Å². The van der Waals surface area contributed by atoms with Crippen LogP contribution in [0.15, 0.2) is 30.3 Å². The molecule has 0 spiro atoms. The second kappa shape index (κ2) is 7.05. The fraction of sp³-hybridized carbons (Fsp3) is 0.350. The number of carbonyl (C=O) groups excluding carboxylic acids is 1. The van der Waals surface area contributed by atoms with Crippen molar-refractivity contribution >= 4 is 11.6 Å². The Kier molecular flexibility index (Phi) is 4.83. The summed E-state index contributed by atoms with van der Waals surface area (Å²) in [6, 6.07) is 9.95. The molecule has 3 rings (SSSR count). The van der Waals surface area contributed by atoms with Crippen molar-refractivity contribution in [3.63, 3.8) is 0 Å². The smallest absolute Gasteiger partial charge is 0.306 e. The molecule has 0 amide bonds. The molecule has 0 aliphatic heterocycles.